The molecule has 0 aliphatic rings. The molecule has 0 unspecified atom stereocenters. The van der Waals surface area contributed by atoms with Gasteiger partial charge in [0.05, 0.1) is 12.5 Å². The lowest BCUT2D eigenvalue weighted by Gasteiger charge is -1.94. The Kier molecular flexibility index (Phi) is 3.20. The molecule has 0 fully saturated rings. The number of carbonyl (C=O) groups is 1. The minimum Gasteiger partial charge on any atom is -0.369 e. The maximum Gasteiger partial charge on any atom is 0.222 e. The van der Waals surface area contributed by atoms with Crippen molar-refractivity contribution in [2.24, 2.45) is 5.73 Å². The molecule has 0 aliphatic carbocycles. The number of nitrogens with zero attached hydrogens (tertiary/aromatic N) is 1. The lowest BCUT2D eigenvalue weighted by Crippen LogP contribution is -2.11. The molecule has 10 heavy (non-hydrogen) atoms. The van der Waals surface area contributed by atoms with Gasteiger partial charge in [0.25, 0.3) is 0 Å². The van der Waals surface area contributed by atoms with Crippen molar-refractivity contribution in [1.29, 1.82) is 5.26 Å². The largest absolute Gasteiger partial charge is 0.369 e. The van der Waals surface area contributed by atoms with E-state index >= 15 is 0 Å². The monoisotopic (exact) mass is 138 g/mol. The summed E-state index contributed by atoms with van der Waals surface area (Å²) in [4.78, 5) is 10.3. The minimum absolute atomic E-state index is 0.0544. The molecule has 0 saturated carbocycles. The second kappa shape index (κ2) is 3.67. The summed E-state index contributed by atoms with van der Waals surface area (Å²) in [6.07, 6.45) is 0.0544. The summed E-state index contributed by atoms with van der Waals surface area (Å²) in [6.45, 7) is 3.56. The molecule has 0 heterocycles. The van der Waals surface area contributed by atoms with Crippen molar-refractivity contribution in [2.45, 2.75) is 20.3 Å². The Morgan fingerprint density at radius 1 is 1.60 bits per heavy atom. The standard InChI is InChI=1S/C7H10N2O/c1-5(2)6(4-8)3-7(9)10/h3H2,1-2H3,(H2,9,10). The molecule has 0 radical (unpaired) electrons. The average molecular weight is 138 g/mol. The van der Waals surface area contributed by atoms with Gasteiger partial charge in [-0.25, -0.2) is 0 Å². The van der Waals surface area contributed by atoms with Gasteiger partial charge >= 0.3 is 0 Å². The number of nitriles is 1. The first kappa shape index (κ1) is 8.70. The van der Waals surface area contributed by atoms with Crippen LogP contribution in [0.15, 0.2) is 11.1 Å². The molecule has 0 atom stereocenters. The fraction of sp³-hybridized carbons (Fsp3) is 0.429. The number of amides is 1. The van der Waals surface area contributed by atoms with Gasteiger partial charge in [-0.3, -0.25) is 4.79 Å². The fourth-order valence-electron chi connectivity index (χ4n) is 0.502. The van der Waals surface area contributed by atoms with E-state index in [1.807, 2.05) is 6.07 Å². The first-order valence-electron chi connectivity index (χ1n) is 2.92. The lowest BCUT2D eigenvalue weighted by molar-refractivity contribution is -0.117. The zero-order valence-electron chi connectivity index (χ0n) is 6.14. The third-order valence-corrected chi connectivity index (χ3v) is 1.09. The third-order valence-electron chi connectivity index (χ3n) is 1.09. The first-order valence-corrected chi connectivity index (χ1v) is 2.92. The first-order chi connectivity index (χ1) is 4.57. The molecule has 0 saturated heterocycles. The van der Waals surface area contributed by atoms with Gasteiger partial charge in [0, 0.05) is 5.57 Å². The molecule has 0 spiro atoms. The maximum atomic E-state index is 10.3. The predicted molar refractivity (Wildman–Crippen MR) is 37.8 cm³/mol. The van der Waals surface area contributed by atoms with Crippen LogP contribution in [0.1, 0.15) is 20.3 Å². The average Bonchev–Trinajstić information content (AvgIpc) is 1.81. The Labute approximate surface area is 60.1 Å². The molecule has 3 heteroatoms. The van der Waals surface area contributed by atoms with Gasteiger partial charge in [-0.15, -0.1) is 0 Å². The van der Waals surface area contributed by atoms with Crippen LogP contribution >= 0.6 is 0 Å². The van der Waals surface area contributed by atoms with Gasteiger partial charge < -0.3 is 5.73 Å². The van der Waals surface area contributed by atoms with Gasteiger partial charge in [0.2, 0.25) is 5.91 Å². The molecule has 0 aromatic heterocycles. The number of allylic oxidation sites excluding steroid dienone is 1. The van der Waals surface area contributed by atoms with Gasteiger partial charge in [-0.05, 0) is 13.8 Å². The Hall–Kier alpha value is -1.30. The lowest BCUT2D eigenvalue weighted by atomic mass is 10.1. The van der Waals surface area contributed by atoms with E-state index in [0.717, 1.165) is 5.57 Å². The van der Waals surface area contributed by atoms with Gasteiger partial charge in [0.1, 0.15) is 0 Å². The summed E-state index contributed by atoms with van der Waals surface area (Å²) in [5.74, 6) is -0.460. The predicted octanol–water partition coefficient (Wildman–Crippen LogP) is 0.722. The van der Waals surface area contributed by atoms with Gasteiger partial charge in [-0.1, -0.05) is 5.57 Å². The van der Waals surface area contributed by atoms with Crippen molar-refractivity contribution < 1.29 is 4.79 Å². The smallest absolute Gasteiger partial charge is 0.222 e. The molecule has 0 aliphatic heterocycles. The molecular formula is C7H10N2O. The van der Waals surface area contributed by atoms with E-state index in [1.54, 1.807) is 13.8 Å². The summed E-state index contributed by atoms with van der Waals surface area (Å²) < 4.78 is 0. The van der Waals surface area contributed by atoms with E-state index in [1.165, 1.54) is 0 Å². The summed E-state index contributed by atoms with van der Waals surface area (Å²) in [6, 6.07) is 1.91. The van der Waals surface area contributed by atoms with Crippen molar-refractivity contribution >= 4 is 5.91 Å². The van der Waals surface area contributed by atoms with Crippen molar-refractivity contribution in [2.75, 3.05) is 0 Å². The molecule has 0 rings (SSSR count). The van der Waals surface area contributed by atoms with E-state index in [0.29, 0.717) is 5.57 Å². The van der Waals surface area contributed by atoms with Crippen molar-refractivity contribution in [3.63, 3.8) is 0 Å². The summed E-state index contributed by atoms with van der Waals surface area (Å²) >= 11 is 0. The van der Waals surface area contributed by atoms with Crippen LogP contribution in [0.5, 0.6) is 0 Å². The topological polar surface area (TPSA) is 66.9 Å². The third kappa shape index (κ3) is 2.88. The van der Waals surface area contributed by atoms with Gasteiger partial charge in [-0.2, -0.15) is 5.26 Å². The normalized spacial score (nSPS) is 8.10. The van der Waals surface area contributed by atoms with Crippen LogP contribution in [-0.2, 0) is 4.79 Å². The highest BCUT2D eigenvalue weighted by Crippen LogP contribution is 2.05. The second-order valence-electron chi connectivity index (χ2n) is 2.23. The minimum atomic E-state index is -0.460. The van der Waals surface area contributed by atoms with E-state index in [2.05, 4.69) is 0 Å². The van der Waals surface area contributed by atoms with Crippen molar-refractivity contribution in [1.82, 2.24) is 0 Å². The van der Waals surface area contributed by atoms with Crippen LogP contribution in [-0.4, -0.2) is 5.91 Å². The Morgan fingerprint density at radius 3 is 2.20 bits per heavy atom. The van der Waals surface area contributed by atoms with Crippen LogP contribution in [0, 0.1) is 11.3 Å². The van der Waals surface area contributed by atoms with E-state index < -0.39 is 5.91 Å². The molecule has 2 N–H and O–H groups in total. The van der Waals surface area contributed by atoms with Crippen molar-refractivity contribution in [3.8, 4) is 6.07 Å². The number of carbonyl (C=O) groups excluding carboxylic acids is 1. The number of hydrogen-bond donors (Lipinski definition) is 1. The zero-order chi connectivity index (χ0) is 8.15. The van der Waals surface area contributed by atoms with Crippen LogP contribution < -0.4 is 5.73 Å². The van der Waals surface area contributed by atoms with E-state index in [9.17, 15) is 4.79 Å². The summed E-state index contributed by atoms with van der Waals surface area (Å²) in [5, 5.41) is 8.43. The summed E-state index contributed by atoms with van der Waals surface area (Å²) in [5.41, 5.74) is 6.20. The van der Waals surface area contributed by atoms with Crippen molar-refractivity contribution in [3.05, 3.63) is 11.1 Å². The molecule has 0 bridgehead atoms. The van der Waals surface area contributed by atoms with Gasteiger partial charge in [0.15, 0.2) is 0 Å². The Morgan fingerprint density at radius 2 is 2.10 bits per heavy atom. The van der Waals surface area contributed by atoms with E-state index in [-0.39, 0.29) is 6.42 Å². The number of nitrogens with two attached hydrogens (primary N) is 1. The SMILES string of the molecule is CC(C)=C(C#N)CC(N)=O. The quantitative estimate of drug-likeness (QED) is 0.571. The van der Waals surface area contributed by atoms with E-state index in [4.69, 9.17) is 11.0 Å². The Balaban J connectivity index is 4.30. The number of primary amides is 1. The highest BCUT2D eigenvalue weighted by Gasteiger charge is 2.01. The molecule has 1 amide bonds. The number of hydrogen-bond acceptors (Lipinski definition) is 2. The highest BCUT2D eigenvalue weighted by molar-refractivity contribution is 5.77. The van der Waals surface area contributed by atoms with Crippen LogP contribution in [0.25, 0.3) is 0 Å². The molecular weight excluding hydrogens is 128 g/mol. The Bertz CT molecular complexity index is 206. The zero-order valence-corrected chi connectivity index (χ0v) is 6.14. The highest BCUT2D eigenvalue weighted by atomic mass is 16.1. The fourth-order valence-corrected chi connectivity index (χ4v) is 0.502. The second-order valence-corrected chi connectivity index (χ2v) is 2.23. The van der Waals surface area contributed by atoms with Crippen LogP contribution in [0.2, 0.25) is 0 Å². The molecule has 0 aromatic rings. The molecule has 0 aromatic carbocycles. The number of rotatable bonds is 2. The van der Waals surface area contributed by atoms with Crippen LogP contribution in [0.4, 0.5) is 0 Å². The molecule has 54 valence electrons. The maximum absolute atomic E-state index is 10.3. The summed E-state index contributed by atoms with van der Waals surface area (Å²) in [7, 11) is 0. The molecule has 3 nitrogen and oxygen atoms in total. The van der Waals surface area contributed by atoms with Crippen LogP contribution in [0.3, 0.4) is 0 Å².